The second-order valence-electron chi connectivity index (χ2n) is 11.5. The lowest BCUT2D eigenvalue weighted by Crippen LogP contribution is -2.45. The van der Waals surface area contributed by atoms with Crippen molar-refractivity contribution in [3.8, 4) is 0 Å². The molecule has 188 valence electrons. The van der Waals surface area contributed by atoms with E-state index in [4.69, 9.17) is 9.47 Å². The number of rotatable bonds is 7. The molecule has 0 unspecified atom stereocenters. The van der Waals surface area contributed by atoms with Gasteiger partial charge in [0.05, 0.1) is 7.11 Å². The molecule has 0 spiro atoms. The van der Waals surface area contributed by atoms with Crippen LogP contribution in [-0.4, -0.2) is 42.5 Å². The minimum absolute atomic E-state index is 0.0438. The smallest absolute Gasteiger partial charge is 0.306 e. The number of ketones is 3. The zero-order valence-electron chi connectivity index (χ0n) is 20.7. The van der Waals surface area contributed by atoms with E-state index in [-0.39, 0.29) is 77.3 Å². The van der Waals surface area contributed by atoms with Gasteiger partial charge in [-0.25, -0.2) is 0 Å². The van der Waals surface area contributed by atoms with Crippen LogP contribution in [0.1, 0.15) is 90.9 Å². The highest BCUT2D eigenvalue weighted by atomic mass is 16.5. The van der Waals surface area contributed by atoms with Crippen LogP contribution in [0.2, 0.25) is 0 Å². The van der Waals surface area contributed by atoms with E-state index in [1.807, 2.05) is 6.92 Å². The second-order valence-corrected chi connectivity index (χ2v) is 11.5. The fourth-order valence-corrected chi connectivity index (χ4v) is 7.68. The molecule has 0 aliphatic heterocycles. The number of hydrogen-bond donors (Lipinski definition) is 0. The quantitative estimate of drug-likeness (QED) is 0.514. The van der Waals surface area contributed by atoms with Crippen molar-refractivity contribution in [2.75, 3.05) is 7.11 Å². The van der Waals surface area contributed by atoms with Gasteiger partial charge in [-0.15, -0.1) is 0 Å². The van der Waals surface area contributed by atoms with Gasteiger partial charge < -0.3 is 9.47 Å². The van der Waals surface area contributed by atoms with Crippen LogP contribution in [0.4, 0.5) is 0 Å². The van der Waals surface area contributed by atoms with Crippen LogP contribution in [0, 0.1) is 34.5 Å². The molecule has 4 aliphatic rings. The van der Waals surface area contributed by atoms with Gasteiger partial charge in [0.1, 0.15) is 23.5 Å². The summed E-state index contributed by atoms with van der Waals surface area (Å²) in [5, 5.41) is 0. The van der Waals surface area contributed by atoms with Gasteiger partial charge in [0, 0.05) is 54.8 Å². The molecule has 7 nitrogen and oxygen atoms in total. The third-order valence-corrected chi connectivity index (χ3v) is 9.88. The third-order valence-electron chi connectivity index (χ3n) is 9.88. The van der Waals surface area contributed by atoms with Crippen molar-refractivity contribution >= 4 is 29.3 Å². The van der Waals surface area contributed by atoms with Gasteiger partial charge in [-0.3, -0.25) is 24.0 Å². The van der Waals surface area contributed by atoms with Gasteiger partial charge in [-0.2, -0.15) is 0 Å². The minimum atomic E-state index is -0.414. The molecular formula is C27H38O7. The SMILES string of the molecule is COC(=O)CC[C@@H]1C(=O)CC[C@]2(C)[C@@H](OC(=O)CC[C@@H]3C(=O)CC[C@]4(C)C(=O)CC[C@@H]34)CC[C@@H]12. The van der Waals surface area contributed by atoms with E-state index in [0.717, 1.165) is 12.8 Å². The lowest BCUT2D eigenvalue weighted by atomic mass is 9.62. The van der Waals surface area contributed by atoms with Crippen molar-refractivity contribution < 1.29 is 33.4 Å². The fourth-order valence-electron chi connectivity index (χ4n) is 7.68. The van der Waals surface area contributed by atoms with Crippen molar-refractivity contribution in [1.82, 2.24) is 0 Å². The Bertz CT molecular complexity index is 878. The van der Waals surface area contributed by atoms with E-state index < -0.39 is 5.41 Å². The number of Topliss-reactive ketones (excluding diaryl/α,β-unsaturated/α-hetero) is 3. The molecular weight excluding hydrogens is 436 g/mol. The molecule has 34 heavy (non-hydrogen) atoms. The first-order valence-corrected chi connectivity index (χ1v) is 12.9. The molecule has 0 aromatic carbocycles. The van der Waals surface area contributed by atoms with E-state index in [0.29, 0.717) is 51.4 Å². The summed E-state index contributed by atoms with van der Waals surface area (Å²) in [6.07, 6.45) is 6.05. The van der Waals surface area contributed by atoms with Crippen molar-refractivity contribution in [2.24, 2.45) is 34.5 Å². The molecule has 4 rings (SSSR count). The zero-order valence-corrected chi connectivity index (χ0v) is 20.7. The summed E-state index contributed by atoms with van der Waals surface area (Å²) in [5.74, 6) is -0.253. The van der Waals surface area contributed by atoms with Crippen LogP contribution in [0.25, 0.3) is 0 Å². The Kier molecular flexibility index (Phi) is 7.03. The highest BCUT2D eigenvalue weighted by Gasteiger charge is 2.56. The third kappa shape index (κ3) is 4.35. The van der Waals surface area contributed by atoms with E-state index in [1.54, 1.807) is 0 Å². The molecule has 7 atom stereocenters. The maximum Gasteiger partial charge on any atom is 0.306 e. The lowest BCUT2D eigenvalue weighted by molar-refractivity contribution is -0.158. The highest BCUT2D eigenvalue weighted by Crippen LogP contribution is 2.56. The fraction of sp³-hybridized carbons (Fsp3) is 0.815. The summed E-state index contributed by atoms with van der Waals surface area (Å²) in [7, 11) is 1.35. The van der Waals surface area contributed by atoms with Gasteiger partial charge in [-0.1, -0.05) is 13.8 Å². The van der Waals surface area contributed by atoms with Crippen LogP contribution in [-0.2, 0) is 33.4 Å². The molecule has 0 bridgehead atoms. The first-order chi connectivity index (χ1) is 16.1. The van der Waals surface area contributed by atoms with Crippen molar-refractivity contribution in [3.05, 3.63) is 0 Å². The van der Waals surface area contributed by atoms with Crippen molar-refractivity contribution in [1.29, 1.82) is 0 Å². The Morgan fingerprint density at radius 3 is 2.12 bits per heavy atom. The number of esters is 2. The molecule has 4 fully saturated rings. The standard InChI is InChI=1S/C27H38O7/c1-26-14-12-20(28)16(18(26)6-8-22(26)30)5-11-25(32)34-23-9-7-19-17(4-10-24(31)33-3)21(29)13-15-27(19,23)2/h16-19,23H,4-15H2,1-3H3/t16-,17-,18-,19-,23-,26-,27-/m0/s1. The average molecular weight is 475 g/mol. The molecule has 0 aromatic rings. The molecule has 0 aromatic heterocycles. The number of ether oxygens (including phenoxy) is 2. The first kappa shape index (κ1) is 25.1. The minimum Gasteiger partial charge on any atom is -0.469 e. The Morgan fingerprint density at radius 1 is 0.824 bits per heavy atom. The van der Waals surface area contributed by atoms with E-state index in [2.05, 4.69) is 6.92 Å². The Hall–Kier alpha value is -2.05. The summed E-state index contributed by atoms with van der Waals surface area (Å²) in [5.41, 5.74) is -0.691. The molecule has 0 amide bonds. The van der Waals surface area contributed by atoms with Gasteiger partial charge in [0.25, 0.3) is 0 Å². The lowest BCUT2D eigenvalue weighted by Gasteiger charge is -2.43. The summed E-state index contributed by atoms with van der Waals surface area (Å²) >= 11 is 0. The molecule has 7 heteroatoms. The van der Waals surface area contributed by atoms with Crippen LogP contribution in [0.3, 0.4) is 0 Å². The molecule has 4 aliphatic carbocycles. The van der Waals surface area contributed by atoms with Crippen molar-refractivity contribution in [3.63, 3.8) is 0 Å². The summed E-state index contributed by atoms with van der Waals surface area (Å²) in [6, 6.07) is 0. The van der Waals surface area contributed by atoms with Crippen molar-refractivity contribution in [2.45, 2.75) is 97.0 Å². The largest absolute Gasteiger partial charge is 0.469 e. The molecule has 0 radical (unpaired) electrons. The summed E-state index contributed by atoms with van der Waals surface area (Å²) in [6.45, 7) is 4.10. The predicted octanol–water partition coefficient (Wildman–Crippen LogP) is 3.99. The van der Waals surface area contributed by atoms with Crippen LogP contribution >= 0.6 is 0 Å². The van der Waals surface area contributed by atoms with E-state index in [9.17, 15) is 24.0 Å². The van der Waals surface area contributed by atoms with Gasteiger partial charge in [-0.05, 0) is 56.8 Å². The van der Waals surface area contributed by atoms with Gasteiger partial charge in [0.2, 0.25) is 0 Å². The normalized spacial score (nSPS) is 39.5. The zero-order chi connectivity index (χ0) is 24.7. The first-order valence-electron chi connectivity index (χ1n) is 12.9. The molecule has 0 N–H and O–H groups in total. The number of hydrogen-bond acceptors (Lipinski definition) is 7. The van der Waals surface area contributed by atoms with Gasteiger partial charge in [0.15, 0.2) is 0 Å². The number of methoxy groups -OCH3 is 1. The Labute approximate surface area is 201 Å². The predicted molar refractivity (Wildman–Crippen MR) is 122 cm³/mol. The summed E-state index contributed by atoms with van der Waals surface area (Å²) in [4.78, 5) is 62.2. The number of carbonyl (C=O) groups excluding carboxylic acids is 5. The highest BCUT2D eigenvalue weighted by molar-refractivity contribution is 5.92. The maximum atomic E-state index is 12.9. The van der Waals surface area contributed by atoms with Crippen LogP contribution < -0.4 is 0 Å². The molecule has 0 saturated heterocycles. The Balaban J connectivity index is 1.35. The van der Waals surface area contributed by atoms with E-state index in [1.165, 1.54) is 7.11 Å². The van der Waals surface area contributed by atoms with Gasteiger partial charge >= 0.3 is 11.9 Å². The second kappa shape index (κ2) is 9.54. The monoisotopic (exact) mass is 474 g/mol. The molecule has 4 saturated carbocycles. The maximum absolute atomic E-state index is 12.9. The molecule has 0 heterocycles. The number of carbonyl (C=O) groups is 5. The average Bonchev–Trinajstić information content (AvgIpc) is 3.29. The van der Waals surface area contributed by atoms with E-state index >= 15 is 0 Å². The van der Waals surface area contributed by atoms with Crippen LogP contribution in [0.15, 0.2) is 0 Å². The van der Waals surface area contributed by atoms with Crippen LogP contribution in [0.5, 0.6) is 0 Å². The summed E-state index contributed by atoms with van der Waals surface area (Å²) < 4.78 is 10.7. The Morgan fingerprint density at radius 2 is 1.44 bits per heavy atom. The number of fused-ring (bicyclic) bond motifs is 2. The topological polar surface area (TPSA) is 104 Å².